The number of methoxy groups -OCH3 is 1. The molecule has 1 aliphatic heterocycles. The van der Waals surface area contributed by atoms with E-state index in [1.807, 2.05) is 26.0 Å². The van der Waals surface area contributed by atoms with E-state index in [0.717, 1.165) is 23.2 Å². The van der Waals surface area contributed by atoms with Crippen molar-refractivity contribution in [1.82, 2.24) is 4.90 Å². The second kappa shape index (κ2) is 5.48. The van der Waals surface area contributed by atoms with Crippen LogP contribution in [0.1, 0.15) is 22.7 Å². The van der Waals surface area contributed by atoms with Gasteiger partial charge in [-0.1, -0.05) is 12.1 Å². The predicted octanol–water partition coefficient (Wildman–Crippen LogP) is 1.33. The van der Waals surface area contributed by atoms with Crippen molar-refractivity contribution >= 4 is 5.96 Å². The van der Waals surface area contributed by atoms with Crippen molar-refractivity contribution in [2.75, 3.05) is 26.8 Å². The van der Waals surface area contributed by atoms with E-state index in [4.69, 9.17) is 10.5 Å². The molecule has 0 fully saturated rings. The van der Waals surface area contributed by atoms with Crippen LogP contribution in [0.25, 0.3) is 0 Å². The average Bonchev–Trinajstić information content (AvgIpc) is 2.74. The summed E-state index contributed by atoms with van der Waals surface area (Å²) < 4.78 is 5.11. The number of rotatable bonds is 4. The maximum absolute atomic E-state index is 9.85. The minimum absolute atomic E-state index is 0.133. The van der Waals surface area contributed by atoms with Crippen molar-refractivity contribution in [3.63, 3.8) is 0 Å². The lowest BCUT2D eigenvalue weighted by Crippen LogP contribution is -2.38. The number of phenolic OH excluding ortho intramolecular Hbond substituents is 1. The van der Waals surface area contributed by atoms with Crippen molar-refractivity contribution < 1.29 is 9.84 Å². The maximum atomic E-state index is 9.85. The van der Waals surface area contributed by atoms with Gasteiger partial charge in [-0.25, -0.2) is 0 Å². The van der Waals surface area contributed by atoms with Crippen molar-refractivity contribution in [2.24, 2.45) is 10.7 Å². The molecule has 3 N–H and O–H groups in total. The molecule has 0 spiro atoms. The Morgan fingerprint density at radius 2 is 2.05 bits per heavy atom. The van der Waals surface area contributed by atoms with Gasteiger partial charge in [-0.15, -0.1) is 0 Å². The zero-order valence-corrected chi connectivity index (χ0v) is 11.7. The zero-order valence-electron chi connectivity index (χ0n) is 11.7. The molecule has 1 aromatic rings. The SMILES string of the molecule is COCCN1C(N)=NCC1c1cc(C)c(O)c(C)c1. The topological polar surface area (TPSA) is 71.1 Å². The van der Waals surface area contributed by atoms with Gasteiger partial charge in [0.2, 0.25) is 0 Å². The molecule has 0 amide bonds. The van der Waals surface area contributed by atoms with E-state index in [2.05, 4.69) is 9.89 Å². The third-order valence-corrected chi connectivity index (χ3v) is 3.53. The van der Waals surface area contributed by atoms with Crippen molar-refractivity contribution in [3.05, 3.63) is 28.8 Å². The summed E-state index contributed by atoms with van der Waals surface area (Å²) in [7, 11) is 1.67. The monoisotopic (exact) mass is 263 g/mol. The molecule has 1 aromatic carbocycles. The first kappa shape index (κ1) is 13.7. The fraction of sp³-hybridized carbons (Fsp3) is 0.500. The molecule has 0 aliphatic carbocycles. The lowest BCUT2D eigenvalue weighted by Gasteiger charge is -2.27. The summed E-state index contributed by atoms with van der Waals surface area (Å²) >= 11 is 0. The number of aromatic hydroxyl groups is 1. The van der Waals surface area contributed by atoms with Crippen LogP contribution in [0.3, 0.4) is 0 Å². The number of nitrogens with two attached hydrogens (primary N) is 1. The van der Waals surface area contributed by atoms with Crippen LogP contribution >= 0.6 is 0 Å². The largest absolute Gasteiger partial charge is 0.507 e. The summed E-state index contributed by atoms with van der Waals surface area (Å²) in [5, 5.41) is 9.85. The van der Waals surface area contributed by atoms with Gasteiger partial charge in [-0.05, 0) is 30.5 Å². The van der Waals surface area contributed by atoms with Gasteiger partial charge >= 0.3 is 0 Å². The molecule has 1 heterocycles. The van der Waals surface area contributed by atoms with Crippen molar-refractivity contribution in [1.29, 1.82) is 0 Å². The highest BCUT2D eigenvalue weighted by Gasteiger charge is 2.27. The highest BCUT2D eigenvalue weighted by atomic mass is 16.5. The van der Waals surface area contributed by atoms with Gasteiger partial charge < -0.3 is 20.5 Å². The van der Waals surface area contributed by atoms with Crippen LogP contribution in [-0.4, -0.2) is 42.8 Å². The fourth-order valence-corrected chi connectivity index (χ4v) is 2.46. The Bertz CT molecular complexity index is 476. The molecule has 104 valence electrons. The number of hydrogen-bond acceptors (Lipinski definition) is 5. The number of ether oxygens (including phenoxy) is 1. The maximum Gasteiger partial charge on any atom is 0.192 e. The van der Waals surface area contributed by atoms with Gasteiger partial charge in [-0.2, -0.15) is 0 Å². The van der Waals surface area contributed by atoms with E-state index in [-0.39, 0.29) is 6.04 Å². The van der Waals surface area contributed by atoms with E-state index in [9.17, 15) is 5.11 Å². The number of aryl methyl sites for hydroxylation is 2. The second-order valence-electron chi connectivity index (χ2n) is 4.90. The number of hydrogen-bond donors (Lipinski definition) is 2. The van der Waals surface area contributed by atoms with Gasteiger partial charge in [0.1, 0.15) is 5.75 Å². The lowest BCUT2D eigenvalue weighted by molar-refractivity contribution is 0.166. The first-order valence-electron chi connectivity index (χ1n) is 6.40. The molecule has 0 aromatic heterocycles. The minimum Gasteiger partial charge on any atom is -0.507 e. The van der Waals surface area contributed by atoms with Gasteiger partial charge in [0.05, 0.1) is 19.2 Å². The molecule has 0 saturated carbocycles. The molecule has 1 unspecified atom stereocenters. The first-order chi connectivity index (χ1) is 9.04. The highest BCUT2D eigenvalue weighted by Crippen LogP contribution is 2.31. The summed E-state index contributed by atoms with van der Waals surface area (Å²) in [4.78, 5) is 6.36. The minimum atomic E-state index is 0.133. The first-order valence-corrected chi connectivity index (χ1v) is 6.40. The van der Waals surface area contributed by atoms with Crippen molar-refractivity contribution in [2.45, 2.75) is 19.9 Å². The Hall–Kier alpha value is -1.75. The number of nitrogens with zero attached hydrogens (tertiary/aromatic N) is 2. The van der Waals surface area contributed by atoms with Crippen LogP contribution in [0.5, 0.6) is 5.75 Å². The lowest BCUT2D eigenvalue weighted by atomic mass is 10.00. The molecule has 0 bridgehead atoms. The Balaban J connectivity index is 2.26. The third-order valence-electron chi connectivity index (χ3n) is 3.53. The molecule has 1 aliphatic rings. The standard InChI is InChI=1S/C14H21N3O2/c1-9-6-11(7-10(2)13(9)18)12-8-16-14(15)17(12)4-5-19-3/h6-7,12,18H,4-5,8H2,1-3H3,(H2,15,16). The number of phenols is 1. The van der Waals surface area contributed by atoms with Crippen LogP contribution in [0.15, 0.2) is 17.1 Å². The summed E-state index contributed by atoms with van der Waals surface area (Å²) in [6.07, 6.45) is 0. The summed E-state index contributed by atoms with van der Waals surface area (Å²) in [5.74, 6) is 0.921. The van der Waals surface area contributed by atoms with Crippen LogP contribution in [0.2, 0.25) is 0 Å². The van der Waals surface area contributed by atoms with E-state index in [0.29, 0.717) is 24.9 Å². The third kappa shape index (κ3) is 2.66. The van der Waals surface area contributed by atoms with Crippen LogP contribution < -0.4 is 5.73 Å². The smallest absolute Gasteiger partial charge is 0.192 e. The molecule has 5 heteroatoms. The Morgan fingerprint density at radius 1 is 1.42 bits per heavy atom. The van der Waals surface area contributed by atoms with Crippen LogP contribution in [0, 0.1) is 13.8 Å². The van der Waals surface area contributed by atoms with Crippen LogP contribution in [-0.2, 0) is 4.74 Å². The fourth-order valence-electron chi connectivity index (χ4n) is 2.46. The molecule has 0 saturated heterocycles. The molecule has 0 radical (unpaired) electrons. The molecule has 1 atom stereocenters. The Morgan fingerprint density at radius 3 is 2.63 bits per heavy atom. The highest BCUT2D eigenvalue weighted by molar-refractivity contribution is 5.80. The van der Waals surface area contributed by atoms with E-state index >= 15 is 0 Å². The van der Waals surface area contributed by atoms with E-state index in [1.54, 1.807) is 7.11 Å². The summed E-state index contributed by atoms with van der Waals surface area (Å²) in [6, 6.07) is 4.13. The quantitative estimate of drug-likeness (QED) is 0.859. The van der Waals surface area contributed by atoms with Gasteiger partial charge in [-0.3, -0.25) is 4.99 Å². The Kier molecular flexibility index (Phi) is 3.95. The van der Waals surface area contributed by atoms with Gasteiger partial charge in [0.15, 0.2) is 5.96 Å². The Labute approximate surface area is 113 Å². The molecule has 5 nitrogen and oxygen atoms in total. The van der Waals surface area contributed by atoms with E-state index in [1.165, 1.54) is 0 Å². The average molecular weight is 263 g/mol. The zero-order chi connectivity index (χ0) is 14.0. The molecule has 19 heavy (non-hydrogen) atoms. The van der Waals surface area contributed by atoms with Crippen molar-refractivity contribution in [3.8, 4) is 5.75 Å². The predicted molar refractivity (Wildman–Crippen MR) is 75.4 cm³/mol. The van der Waals surface area contributed by atoms with Gasteiger partial charge in [0.25, 0.3) is 0 Å². The number of aliphatic imine (C=N–C) groups is 1. The summed E-state index contributed by atoms with van der Waals surface area (Å²) in [6.45, 7) is 5.80. The molecular weight excluding hydrogens is 242 g/mol. The number of guanidine groups is 1. The van der Waals surface area contributed by atoms with Gasteiger partial charge in [0, 0.05) is 13.7 Å². The summed E-state index contributed by atoms with van der Waals surface area (Å²) in [5.41, 5.74) is 8.82. The normalized spacial score (nSPS) is 18.8. The second-order valence-corrected chi connectivity index (χ2v) is 4.90. The molecule has 2 rings (SSSR count). The van der Waals surface area contributed by atoms with Crippen LogP contribution in [0.4, 0.5) is 0 Å². The number of benzene rings is 1. The van der Waals surface area contributed by atoms with E-state index < -0.39 is 0 Å². The molecular formula is C14H21N3O2.